The Kier molecular flexibility index (Phi) is 4.23. The molecule has 1 atom stereocenters. The van der Waals surface area contributed by atoms with E-state index in [9.17, 15) is 0 Å². The highest BCUT2D eigenvalue weighted by Crippen LogP contribution is 2.35. The van der Waals surface area contributed by atoms with Crippen molar-refractivity contribution in [3.63, 3.8) is 0 Å². The Morgan fingerprint density at radius 1 is 1.19 bits per heavy atom. The Balaban J connectivity index is 1.73. The fraction of sp³-hybridized carbons (Fsp3) is 0.333. The van der Waals surface area contributed by atoms with Gasteiger partial charge in [-0.05, 0) is 35.2 Å². The number of rotatable bonds is 5. The summed E-state index contributed by atoms with van der Waals surface area (Å²) in [5.41, 5.74) is 10.1. The highest BCUT2D eigenvalue weighted by molar-refractivity contribution is 5.40. The van der Waals surface area contributed by atoms with E-state index in [1.807, 2.05) is 6.07 Å². The molecule has 1 aliphatic heterocycles. The number of hydrogen-bond donors (Lipinski definition) is 1. The van der Waals surface area contributed by atoms with Crippen LogP contribution in [0.3, 0.4) is 0 Å². The zero-order valence-electron chi connectivity index (χ0n) is 12.5. The predicted octanol–water partition coefficient (Wildman–Crippen LogP) is 2.75. The zero-order chi connectivity index (χ0) is 14.7. The van der Waals surface area contributed by atoms with Crippen LogP contribution in [0.15, 0.2) is 48.5 Å². The van der Waals surface area contributed by atoms with Crippen LogP contribution in [-0.2, 0) is 13.0 Å². The summed E-state index contributed by atoms with van der Waals surface area (Å²) in [5.74, 6) is 0.914. The van der Waals surface area contributed by atoms with Crippen molar-refractivity contribution >= 4 is 0 Å². The molecular weight excluding hydrogens is 260 g/mol. The van der Waals surface area contributed by atoms with Gasteiger partial charge in [0.25, 0.3) is 0 Å². The fourth-order valence-corrected chi connectivity index (χ4v) is 3.11. The van der Waals surface area contributed by atoms with Crippen LogP contribution in [0.1, 0.15) is 22.7 Å². The first-order valence-electron chi connectivity index (χ1n) is 7.46. The minimum Gasteiger partial charge on any atom is -0.497 e. The summed E-state index contributed by atoms with van der Waals surface area (Å²) in [7, 11) is 1.71. The zero-order valence-corrected chi connectivity index (χ0v) is 12.5. The molecule has 2 aromatic carbocycles. The summed E-state index contributed by atoms with van der Waals surface area (Å²) in [4.78, 5) is 2.47. The van der Waals surface area contributed by atoms with E-state index in [0.29, 0.717) is 12.6 Å². The molecular formula is C18H22N2O. The molecule has 3 heteroatoms. The van der Waals surface area contributed by atoms with Gasteiger partial charge in [0.2, 0.25) is 0 Å². The lowest BCUT2D eigenvalue weighted by Crippen LogP contribution is -2.29. The molecule has 0 saturated heterocycles. The molecule has 0 spiro atoms. The van der Waals surface area contributed by atoms with Crippen molar-refractivity contribution in [2.24, 2.45) is 5.73 Å². The second kappa shape index (κ2) is 6.29. The topological polar surface area (TPSA) is 38.5 Å². The van der Waals surface area contributed by atoms with Crippen LogP contribution in [-0.4, -0.2) is 25.1 Å². The van der Waals surface area contributed by atoms with Crippen LogP contribution in [0.2, 0.25) is 0 Å². The lowest BCUT2D eigenvalue weighted by molar-refractivity contribution is 0.222. The van der Waals surface area contributed by atoms with E-state index in [1.165, 1.54) is 16.7 Å². The summed E-state index contributed by atoms with van der Waals surface area (Å²) >= 11 is 0. The summed E-state index contributed by atoms with van der Waals surface area (Å²) in [6, 6.07) is 17.3. The molecule has 1 unspecified atom stereocenters. The number of ether oxygens (including phenoxy) is 1. The summed E-state index contributed by atoms with van der Waals surface area (Å²) < 4.78 is 5.34. The third-order valence-electron chi connectivity index (χ3n) is 4.28. The standard InChI is InChI=1S/C18H22N2O/c1-21-16-8-7-15-13-20(18(12-19)17(15)11-16)10-9-14-5-3-2-4-6-14/h2-8,11,18H,9-10,12-13,19H2,1H3. The molecule has 0 fully saturated rings. The van der Waals surface area contributed by atoms with E-state index < -0.39 is 0 Å². The number of fused-ring (bicyclic) bond motifs is 1. The molecule has 1 aliphatic rings. The highest BCUT2D eigenvalue weighted by atomic mass is 16.5. The van der Waals surface area contributed by atoms with Crippen molar-refractivity contribution in [1.29, 1.82) is 0 Å². The second-order valence-corrected chi connectivity index (χ2v) is 5.52. The molecule has 21 heavy (non-hydrogen) atoms. The van der Waals surface area contributed by atoms with Gasteiger partial charge in [0, 0.05) is 25.7 Å². The molecule has 3 rings (SSSR count). The van der Waals surface area contributed by atoms with E-state index >= 15 is 0 Å². The molecule has 0 aromatic heterocycles. The number of methoxy groups -OCH3 is 1. The van der Waals surface area contributed by atoms with Gasteiger partial charge in [-0.1, -0.05) is 36.4 Å². The molecule has 0 amide bonds. The van der Waals surface area contributed by atoms with Crippen molar-refractivity contribution in [3.05, 3.63) is 65.2 Å². The van der Waals surface area contributed by atoms with Gasteiger partial charge in [-0.2, -0.15) is 0 Å². The number of nitrogens with zero attached hydrogens (tertiary/aromatic N) is 1. The van der Waals surface area contributed by atoms with Gasteiger partial charge in [-0.15, -0.1) is 0 Å². The first-order chi connectivity index (χ1) is 10.3. The first-order valence-corrected chi connectivity index (χ1v) is 7.46. The predicted molar refractivity (Wildman–Crippen MR) is 85.3 cm³/mol. The average molecular weight is 282 g/mol. The van der Waals surface area contributed by atoms with Gasteiger partial charge in [0.05, 0.1) is 7.11 Å². The quantitative estimate of drug-likeness (QED) is 0.916. The summed E-state index contributed by atoms with van der Waals surface area (Å²) in [6.07, 6.45) is 1.06. The van der Waals surface area contributed by atoms with Crippen molar-refractivity contribution in [2.45, 2.75) is 19.0 Å². The van der Waals surface area contributed by atoms with Gasteiger partial charge in [0.15, 0.2) is 0 Å². The van der Waals surface area contributed by atoms with Crippen LogP contribution in [0.4, 0.5) is 0 Å². The van der Waals surface area contributed by atoms with Crippen LogP contribution >= 0.6 is 0 Å². The van der Waals surface area contributed by atoms with Crippen LogP contribution < -0.4 is 10.5 Å². The van der Waals surface area contributed by atoms with Crippen molar-refractivity contribution in [2.75, 3.05) is 20.2 Å². The van der Waals surface area contributed by atoms with Crippen molar-refractivity contribution in [3.8, 4) is 5.75 Å². The second-order valence-electron chi connectivity index (χ2n) is 5.52. The van der Waals surface area contributed by atoms with Crippen molar-refractivity contribution in [1.82, 2.24) is 4.90 Å². The molecule has 0 bridgehead atoms. The van der Waals surface area contributed by atoms with Crippen LogP contribution in [0.5, 0.6) is 5.75 Å². The van der Waals surface area contributed by atoms with Crippen molar-refractivity contribution < 1.29 is 4.74 Å². The average Bonchev–Trinajstić information content (AvgIpc) is 2.90. The van der Waals surface area contributed by atoms with E-state index in [0.717, 1.165) is 25.3 Å². The summed E-state index contributed by atoms with van der Waals surface area (Å²) in [5, 5.41) is 0. The monoisotopic (exact) mass is 282 g/mol. The third kappa shape index (κ3) is 2.94. The van der Waals surface area contributed by atoms with E-state index in [4.69, 9.17) is 10.5 Å². The normalized spacial score (nSPS) is 17.7. The molecule has 0 saturated carbocycles. The van der Waals surface area contributed by atoms with E-state index in [-0.39, 0.29) is 0 Å². The number of hydrogen-bond acceptors (Lipinski definition) is 3. The maximum Gasteiger partial charge on any atom is 0.119 e. The minimum atomic E-state index is 0.304. The number of benzene rings is 2. The molecule has 0 radical (unpaired) electrons. The molecule has 2 N–H and O–H groups in total. The van der Waals surface area contributed by atoms with Gasteiger partial charge in [-0.25, -0.2) is 0 Å². The number of nitrogens with two attached hydrogens (primary N) is 1. The Bertz CT molecular complexity index is 597. The van der Waals surface area contributed by atoms with E-state index in [1.54, 1.807) is 7.11 Å². The first kappa shape index (κ1) is 14.1. The van der Waals surface area contributed by atoms with Gasteiger partial charge < -0.3 is 10.5 Å². The largest absolute Gasteiger partial charge is 0.497 e. The smallest absolute Gasteiger partial charge is 0.119 e. The maximum atomic E-state index is 6.02. The Labute approximate surface area is 126 Å². The highest BCUT2D eigenvalue weighted by Gasteiger charge is 2.28. The molecule has 1 heterocycles. The summed E-state index contributed by atoms with van der Waals surface area (Å²) in [6.45, 7) is 2.66. The lowest BCUT2D eigenvalue weighted by atomic mass is 10.0. The van der Waals surface area contributed by atoms with E-state index in [2.05, 4.69) is 47.4 Å². The Morgan fingerprint density at radius 2 is 2.00 bits per heavy atom. The third-order valence-corrected chi connectivity index (χ3v) is 4.28. The minimum absolute atomic E-state index is 0.304. The fourth-order valence-electron chi connectivity index (χ4n) is 3.11. The maximum absolute atomic E-state index is 6.02. The van der Waals surface area contributed by atoms with Crippen LogP contribution in [0, 0.1) is 0 Å². The molecule has 110 valence electrons. The van der Waals surface area contributed by atoms with Gasteiger partial charge in [0.1, 0.15) is 5.75 Å². The lowest BCUT2D eigenvalue weighted by Gasteiger charge is -2.23. The Hall–Kier alpha value is -1.84. The SMILES string of the molecule is COc1ccc2c(c1)C(CN)N(CCc1ccccc1)C2. The van der Waals surface area contributed by atoms with Gasteiger partial charge >= 0.3 is 0 Å². The van der Waals surface area contributed by atoms with Crippen LogP contribution in [0.25, 0.3) is 0 Å². The van der Waals surface area contributed by atoms with Gasteiger partial charge in [-0.3, -0.25) is 4.90 Å². The molecule has 0 aliphatic carbocycles. The Morgan fingerprint density at radius 3 is 2.71 bits per heavy atom. The molecule has 3 nitrogen and oxygen atoms in total. The molecule has 2 aromatic rings.